The highest BCUT2D eigenvalue weighted by atomic mass is 16.5. The molecule has 2 aromatic rings. The number of benzene rings is 1. The van der Waals surface area contributed by atoms with Crippen LogP contribution in [0.5, 0.6) is 0 Å². The van der Waals surface area contributed by atoms with Crippen molar-refractivity contribution in [3.05, 3.63) is 41.7 Å². The molecule has 0 unspecified atom stereocenters. The largest absolute Gasteiger partial charge is 0.463 e. The van der Waals surface area contributed by atoms with Crippen LogP contribution in [0.15, 0.2) is 35.6 Å². The van der Waals surface area contributed by atoms with Crippen molar-refractivity contribution in [2.75, 3.05) is 25.6 Å². The predicted molar refractivity (Wildman–Crippen MR) is 94.1 cm³/mol. The van der Waals surface area contributed by atoms with Crippen LogP contribution in [0.3, 0.4) is 0 Å². The molecule has 1 aliphatic heterocycles. The molecule has 2 aliphatic rings. The van der Waals surface area contributed by atoms with Crippen LogP contribution in [0, 0.1) is 0 Å². The van der Waals surface area contributed by atoms with Gasteiger partial charge in [0.05, 0.1) is 0 Å². The maximum Gasteiger partial charge on any atom is 0.282 e. The number of rotatable bonds is 2. The summed E-state index contributed by atoms with van der Waals surface area (Å²) in [6.07, 6.45) is 6.58. The molecule has 1 spiro atoms. The van der Waals surface area contributed by atoms with Crippen molar-refractivity contribution in [2.24, 2.45) is 10.7 Å². The lowest BCUT2D eigenvalue weighted by molar-refractivity contribution is 0.235. The van der Waals surface area contributed by atoms with Crippen molar-refractivity contribution in [3.63, 3.8) is 0 Å². The Morgan fingerprint density at radius 3 is 2.67 bits per heavy atom. The highest BCUT2D eigenvalue weighted by molar-refractivity contribution is 5.74. The average molecular weight is 323 g/mol. The van der Waals surface area contributed by atoms with Gasteiger partial charge in [0.15, 0.2) is 0 Å². The van der Waals surface area contributed by atoms with E-state index in [2.05, 4.69) is 33.2 Å². The van der Waals surface area contributed by atoms with E-state index in [1.54, 1.807) is 0 Å². The van der Waals surface area contributed by atoms with E-state index in [0.29, 0.717) is 12.6 Å². The van der Waals surface area contributed by atoms with Crippen molar-refractivity contribution >= 4 is 12.0 Å². The lowest BCUT2D eigenvalue weighted by Gasteiger charge is -2.31. The first kappa shape index (κ1) is 14.9. The molecule has 0 saturated carbocycles. The van der Waals surface area contributed by atoms with Crippen LogP contribution in [0.2, 0.25) is 0 Å². The Morgan fingerprint density at radius 1 is 1.21 bits per heavy atom. The molecule has 0 saturated heterocycles. The number of aliphatic imine (C=N–C) groups is 1. The van der Waals surface area contributed by atoms with Crippen molar-refractivity contribution in [1.82, 2.24) is 9.97 Å². The second kappa shape index (κ2) is 5.47. The summed E-state index contributed by atoms with van der Waals surface area (Å²) in [5.74, 6) is 0.718. The van der Waals surface area contributed by atoms with Gasteiger partial charge in [-0.05, 0) is 29.5 Å². The molecule has 4 rings (SSSR count). The molecular weight excluding hydrogens is 302 g/mol. The third-order valence-electron chi connectivity index (χ3n) is 4.82. The van der Waals surface area contributed by atoms with E-state index in [9.17, 15) is 0 Å². The van der Waals surface area contributed by atoms with E-state index < -0.39 is 0 Å². The summed E-state index contributed by atoms with van der Waals surface area (Å²) in [5, 5.41) is 0. The molecule has 0 fully saturated rings. The number of amidine groups is 1. The molecule has 1 aromatic heterocycles. The molecule has 2 N–H and O–H groups in total. The Kier molecular flexibility index (Phi) is 3.40. The van der Waals surface area contributed by atoms with Crippen LogP contribution in [0.1, 0.15) is 17.5 Å². The zero-order valence-electron chi connectivity index (χ0n) is 14.0. The standard InChI is InChI=1S/C18H21N5O/c1-23(2)17-20-9-13(10-21-17)14-5-3-4-12-8-18(7-6-15(12)14)11-24-16(19)22-18/h3-5,9-10H,6-8,11H2,1-2H3,(H2,19,22)/t18-/m0/s1. The molecule has 0 bridgehead atoms. The fraction of sp³-hybridized carbons (Fsp3) is 0.389. The SMILES string of the molecule is CN(C)c1ncc(-c2cccc3c2CC[C@@]2(COC(N)=N2)C3)cn1. The number of nitrogens with zero attached hydrogens (tertiary/aromatic N) is 4. The number of hydrogen-bond donors (Lipinski definition) is 1. The first-order chi connectivity index (χ1) is 11.6. The van der Waals surface area contributed by atoms with E-state index in [1.807, 2.05) is 31.4 Å². The molecule has 124 valence electrons. The van der Waals surface area contributed by atoms with Gasteiger partial charge in [0.2, 0.25) is 5.95 Å². The minimum Gasteiger partial charge on any atom is -0.463 e. The smallest absolute Gasteiger partial charge is 0.282 e. The summed E-state index contributed by atoms with van der Waals surface area (Å²) in [6, 6.07) is 6.74. The Balaban J connectivity index is 1.69. The third-order valence-corrected chi connectivity index (χ3v) is 4.82. The molecule has 1 aromatic carbocycles. The highest BCUT2D eigenvalue weighted by Crippen LogP contribution is 2.38. The van der Waals surface area contributed by atoms with Gasteiger partial charge in [-0.3, -0.25) is 0 Å². The molecule has 6 nitrogen and oxygen atoms in total. The Hall–Kier alpha value is -2.63. The predicted octanol–water partition coefficient (Wildman–Crippen LogP) is 1.78. The number of ether oxygens (including phenoxy) is 1. The summed E-state index contributed by atoms with van der Waals surface area (Å²) in [7, 11) is 3.88. The molecule has 1 aliphatic carbocycles. The summed E-state index contributed by atoms with van der Waals surface area (Å²) in [4.78, 5) is 15.3. The van der Waals surface area contributed by atoms with Crippen molar-refractivity contribution in [3.8, 4) is 11.1 Å². The zero-order valence-corrected chi connectivity index (χ0v) is 14.0. The molecule has 0 amide bonds. The summed E-state index contributed by atoms with van der Waals surface area (Å²) in [5.41, 5.74) is 10.5. The van der Waals surface area contributed by atoms with Crippen molar-refractivity contribution in [1.29, 1.82) is 0 Å². The summed E-state index contributed by atoms with van der Waals surface area (Å²) >= 11 is 0. The van der Waals surface area contributed by atoms with Gasteiger partial charge in [-0.25, -0.2) is 15.0 Å². The van der Waals surface area contributed by atoms with Crippen LogP contribution in [-0.4, -0.2) is 42.2 Å². The topological polar surface area (TPSA) is 76.6 Å². The maximum atomic E-state index is 5.73. The normalized spacial score (nSPS) is 22.0. The van der Waals surface area contributed by atoms with Gasteiger partial charge in [0.25, 0.3) is 6.02 Å². The van der Waals surface area contributed by atoms with Gasteiger partial charge in [0, 0.05) is 38.5 Å². The van der Waals surface area contributed by atoms with Gasteiger partial charge in [-0.1, -0.05) is 18.2 Å². The second-order valence-corrected chi connectivity index (χ2v) is 6.75. The van der Waals surface area contributed by atoms with Crippen LogP contribution in [-0.2, 0) is 17.6 Å². The number of nitrogens with two attached hydrogens (primary N) is 1. The van der Waals surface area contributed by atoms with E-state index >= 15 is 0 Å². The van der Waals surface area contributed by atoms with Crippen molar-refractivity contribution < 1.29 is 4.74 Å². The molecule has 2 heterocycles. The average Bonchev–Trinajstić information content (AvgIpc) is 2.94. The molecular formula is C18H21N5O. The van der Waals surface area contributed by atoms with Crippen molar-refractivity contribution in [2.45, 2.75) is 24.8 Å². The number of hydrogen-bond acceptors (Lipinski definition) is 6. The lowest BCUT2D eigenvalue weighted by atomic mass is 9.77. The summed E-state index contributed by atoms with van der Waals surface area (Å²) in [6.45, 7) is 0.586. The van der Waals surface area contributed by atoms with Crippen LogP contribution in [0.25, 0.3) is 11.1 Å². The van der Waals surface area contributed by atoms with Crippen LogP contribution < -0.4 is 10.6 Å². The monoisotopic (exact) mass is 323 g/mol. The van der Waals surface area contributed by atoms with E-state index in [0.717, 1.165) is 30.8 Å². The molecule has 1 atom stereocenters. The van der Waals surface area contributed by atoms with Gasteiger partial charge in [-0.15, -0.1) is 0 Å². The van der Waals surface area contributed by atoms with Crippen LogP contribution >= 0.6 is 0 Å². The first-order valence-corrected chi connectivity index (χ1v) is 8.15. The molecule has 0 radical (unpaired) electrons. The Labute approximate surface area is 141 Å². The van der Waals surface area contributed by atoms with E-state index in [4.69, 9.17) is 10.5 Å². The van der Waals surface area contributed by atoms with Gasteiger partial charge in [-0.2, -0.15) is 0 Å². The number of aromatic nitrogens is 2. The minimum atomic E-state index is -0.180. The molecule has 6 heteroatoms. The lowest BCUT2D eigenvalue weighted by Crippen LogP contribution is -2.35. The van der Waals surface area contributed by atoms with Gasteiger partial charge in [0.1, 0.15) is 12.1 Å². The third kappa shape index (κ3) is 2.48. The fourth-order valence-electron chi connectivity index (χ4n) is 3.58. The van der Waals surface area contributed by atoms with E-state index in [1.165, 1.54) is 16.7 Å². The second-order valence-electron chi connectivity index (χ2n) is 6.75. The van der Waals surface area contributed by atoms with E-state index in [-0.39, 0.29) is 5.54 Å². The molecule has 24 heavy (non-hydrogen) atoms. The highest BCUT2D eigenvalue weighted by Gasteiger charge is 2.39. The van der Waals surface area contributed by atoms with Gasteiger partial charge < -0.3 is 15.4 Å². The fourth-order valence-corrected chi connectivity index (χ4v) is 3.58. The summed E-state index contributed by atoms with van der Waals surface area (Å²) < 4.78 is 5.41. The first-order valence-electron chi connectivity index (χ1n) is 8.15. The minimum absolute atomic E-state index is 0.180. The van der Waals surface area contributed by atoms with Gasteiger partial charge >= 0.3 is 0 Å². The Bertz CT molecular complexity index is 800. The van der Waals surface area contributed by atoms with Crippen LogP contribution in [0.4, 0.5) is 5.95 Å². The maximum absolute atomic E-state index is 5.73. The Morgan fingerprint density at radius 2 is 2.00 bits per heavy atom. The number of anilines is 1. The quantitative estimate of drug-likeness (QED) is 0.911. The zero-order chi connectivity index (χ0) is 16.7. The number of fused-ring (bicyclic) bond motifs is 1.